The molecule has 160 valence electrons. The number of nitrogens with zero attached hydrogens (tertiary/aromatic N) is 2. The van der Waals surface area contributed by atoms with Gasteiger partial charge in [-0.25, -0.2) is 4.98 Å². The van der Waals surface area contributed by atoms with Crippen molar-refractivity contribution in [2.24, 2.45) is 0 Å². The number of hydrogen-bond acceptors (Lipinski definition) is 6. The van der Waals surface area contributed by atoms with Crippen LogP contribution in [0.15, 0.2) is 58.1 Å². The van der Waals surface area contributed by atoms with Crippen molar-refractivity contribution >= 4 is 32.8 Å². The first-order chi connectivity index (χ1) is 14.5. The van der Waals surface area contributed by atoms with Gasteiger partial charge in [0, 0.05) is 11.1 Å². The maximum Gasteiger partial charge on any atom is 0.416 e. The Kier molecular flexibility index (Phi) is 5.46. The second-order valence-electron chi connectivity index (χ2n) is 6.59. The van der Waals surface area contributed by atoms with E-state index in [0.29, 0.717) is 38.1 Å². The first-order valence-corrected chi connectivity index (χ1v) is 11.8. The van der Waals surface area contributed by atoms with Gasteiger partial charge in [0.05, 0.1) is 21.8 Å². The molecule has 0 radical (unpaired) electrons. The van der Waals surface area contributed by atoms with Crippen molar-refractivity contribution in [3.8, 4) is 32.4 Å². The second-order valence-corrected chi connectivity index (χ2v) is 10.2. The summed E-state index contributed by atoms with van der Waals surface area (Å²) in [5.74, 6) is 0. The first-order valence-electron chi connectivity index (χ1n) is 8.70. The third-order valence-electron chi connectivity index (χ3n) is 4.31. The highest BCUT2D eigenvalue weighted by molar-refractivity contribution is 7.88. The summed E-state index contributed by atoms with van der Waals surface area (Å²) >= 11 is 2.21. The molecule has 3 aromatic heterocycles. The highest BCUT2D eigenvalue weighted by atomic mass is 32.3. The number of rotatable bonds is 4. The number of aromatic nitrogens is 2. The summed E-state index contributed by atoms with van der Waals surface area (Å²) in [6.07, 6.45) is -4.40. The molecule has 0 unspecified atom stereocenters. The average Bonchev–Trinajstić information content (AvgIpc) is 3.36. The molecule has 0 atom stereocenters. The molecule has 0 aliphatic rings. The standard InChI is InChI=1S/C20H13F3N2O3S3/c1-11-8-13(12-2-4-14(5-3-12)20(21,22)23)9-15(24-11)19-25-16(10-29-19)17-6-7-18(30-17)31(26,27)28/h2-10H,1H3,(H,26,27,28). The van der Waals surface area contributed by atoms with Gasteiger partial charge in [0.2, 0.25) is 0 Å². The Labute approximate surface area is 183 Å². The van der Waals surface area contributed by atoms with Crippen molar-refractivity contribution in [3.63, 3.8) is 0 Å². The lowest BCUT2D eigenvalue weighted by Gasteiger charge is -2.09. The Morgan fingerprint density at radius 2 is 1.65 bits per heavy atom. The minimum atomic E-state index is -4.40. The van der Waals surface area contributed by atoms with Crippen molar-refractivity contribution in [2.75, 3.05) is 0 Å². The molecule has 0 saturated heterocycles. The van der Waals surface area contributed by atoms with Crippen LogP contribution in [0.25, 0.3) is 32.4 Å². The third kappa shape index (κ3) is 4.69. The lowest BCUT2D eigenvalue weighted by Crippen LogP contribution is -2.04. The third-order valence-corrected chi connectivity index (χ3v) is 7.60. The second kappa shape index (κ2) is 7.83. The average molecular weight is 483 g/mol. The summed E-state index contributed by atoms with van der Waals surface area (Å²) in [5.41, 5.74) is 2.38. The largest absolute Gasteiger partial charge is 0.416 e. The Bertz CT molecular complexity index is 1360. The number of halogens is 3. The van der Waals surface area contributed by atoms with Crippen LogP contribution >= 0.6 is 22.7 Å². The van der Waals surface area contributed by atoms with Gasteiger partial charge in [0.1, 0.15) is 9.22 Å². The van der Waals surface area contributed by atoms with Crippen LogP contribution in [-0.4, -0.2) is 22.9 Å². The van der Waals surface area contributed by atoms with Crippen LogP contribution < -0.4 is 0 Å². The zero-order valence-electron chi connectivity index (χ0n) is 15.7. The fourth-order valence-corrected chi connectivity index (χ4v) is 5.38. The number of hydrogen-bond donors (Lipinski definition) is 1. The van der Waals surface area contributed by atoms with Crippen molar-refractivity contribution in [1.82, 2.24) is 9.97 Å². The smallest absolute Gasteiger partial charge is 0.281 e. The molecule has 0 aliphatic carbocycles. The van der Waals surface area contributed by atoms with E-state index in [2.05, 4.69) is 9.97 Å². The Morgan fingerprint density at radius 3 is 2.26 bits per heavy atom. The van der Waals surface area contributed by atoms with Gasteiger partial charge in [0.25, 0.3) is 0 Å². The van der Waals surface area contributed by atoms with Gasteiger partial charge in [-0.1, -0.05) is 12.1 Å². The van der Waals surface area contributed by atoms with E-state index in [4.69, 9.17) is 4.55 Å². The molecule has 0 aliphatic heterocycles. The fourth-order valence-electron chi connectivity index (χ4n) is 2.90. The van der Waals surface area contributed by atoms with Gasteiger partial charge < -0.3 is 0 Å². The molecule has 0 saturated carbocycles. The van der Waals surface area contributed by atoms with Gasteiger partial charge in [-0.2, -0.15) is 21.6 Å². The number of thiazole rings is 1. The molecule has 3 heterocycles. The maximum absolute atomic E-state index is 12.8. The summed E-state index contributed by atoms with van der Waals surface area (Å²) in [6.45, 7) is 1.78. The zero-order chi connectivity index (χ0) is 22.4. The summed E-state index contributed by atoms with van der Waals surface area (Å²) in [5, 5.41) is 2.32. The van der Waals surface area contributed by atoms with Crippen LogP contribution in [0.3, 0.4) is 0 Å². The fraction of sp³-hybridized carbons (Fsp3) is 0.100. The quantitative estimate of drug-likeness (QED) is 0.352. The van der Waals surface area contributed by atoms with E-state index in [0.717, 1.165) is 23.5 Å². The van der Waals surface area contributed by atoms with Crippen LogP contribution in [-0.2, 0) is 16.3 Å². The van der Waals surface area contributed by atoms with E-state index in [-0.39, 0.29) is 4.21 Å². The lowest BCUT2D eigenvalue weighted by molar-refractivity contribution is -0.137. The summed E-state index contributed by atoms with van der Waals surface area (Å²) in [6, 6.07) is 11.3. The number of benzene rings is 1. The lowest BCUT2D eigenvalue weighted by atomic mass is 10.0. The van der Waals surface area contributed by atoms with Gasteiger partial charge in [-0.3, -0.25) is 9.54 Å². The van der Waals surface area contributed by atoms with Crippen molar-refractivity contribution in [3.05, 3.63) is 65.2 Å². The van der Waals surface area contributed by atoms with Crippen LogP contribution in [0.2, 0.25) is 0 Å². The molecule has 31 heavy (non-hydrogen) atoms. The van der Waals surface area contributed by atoms with E-state index < -0.39 is 21.9 Å². The SMILES string of the molecule is Cc1cc(-c2ccc(C(F)(F)F)cc2)cc(-c2nc(-c3ccc(S(=O)(=O)O)s3)cs2)n1. The molecule has 0 fully saturated rings. The number of thiophene rings is 1. The molecule has 4 aromatic rings. The highest BCUT2D eigenvalue weighted by Crippen LogP contribution is 2.35. The van der Waals surface area contributed by atoms with E-state index >= 15 is 0 Å². The molecule has 4 rings (SSSR count). The Morgan fingerprint density at radius 1 is 0.935 bits per heavy atom. The molecule has 1 N–H and O–H groups in total. The molecule has 0 bridgehead atoms. The molecule has 11 heteroatoms. The summed E-state index contributed by atoms with van der Waals surface area (Å²) < 4.78 is 70.0. The molecule has 5 nitrogen and oxygen atoms in total. The Hall–Kier alpha value is -2.60. The summed E-state index contributed by atoms with van der Waals surface area (Å²) in [7, 11) is -4.28. The highest BCUT2D eigenvalue weighted by Gasteiger charge is 2.30. The van der Waals surface area contributed by atoms with Gasteiger partial charge in [-0.05, 0) is 54.4 Å². The van der Waals surface area contributed by atoms with Gasteiger partial charge >= 0.3 is 16.3 Å². The predicted molar refractivity (Wildman–Crippen MR) is 114 cm³/mol. The monoisotopic (exact) mass is 482 g/mol. The summed E-state index contributed by atoms with van der Waals surface area (Å²) in [4.78, 5) is 9.56. The van der Waals surface area contributed by atoms with E-state index in [1.807, 2.05) is 0 Å². The normalized spacial score (nSPS) is 12.3. The molecule has 1 aromatic carbocycles. The van der Waals surface area contributed by atoms with Gasteiger partial charge in [-0.15, -0.1) is 22.7 Å². The van der Waals surface area contributed by atoms with E-state index in [1.165, 1.54) is 29.5 Å². The maximum atomic E-state index is 12.8. The van der Waals surface area contributed by atoms with Crippen LogP contribution in [0, 0.1) is 6.92 Å². The van der Waals surface area contributed by atoms with Gasteiger partial charge in [0.15, 0.2) is 0 Å². The van der Waals surface area contributed by atoms with Crippen LogP contribution in [0.4, 0.5) is 13.2 Å². The Balaban J connectivity index is 1.67. The number of aryl methyl sites for hydroxylation is 1. The zero-order valence-corrected chi connectivity index (χ0v) is 18.2. The van der Waals surface area contributed by atoms with E-state index in [9.17, 15) is 21.6 Å². The first kappa shape index (κ1) is 21.6. The topological polar surface area (TPSA) is 80.2 Å². The molecular formula is C20H13F3N2O3S3. The number of alkyl halides is 3. The predicted octanol–water partition coefficient (Wildman–Crippen LogP) is 6.17. The van der Waals surface area contributed by atoms with Crippen LogP contribution in [0.5, 0.6) is 0 Å². The molecular weight excluding hydrogens is 469 g/mol. The van der Waals surface area contributed by atoms with Crippen LogP contribution in [0.1, 0.15) is 11.3 Å². The number of pyridine rings is 1. The van der Waals surface area contributed by atoms with Crippen molar-refractivity contribution in [1.29, 1.82) is 0 Å². The van der Waals surface area contributed by atoms with Crippen molar-refractivity contribution in [2.45, 2.75) is 17.3 Å². The van der Waals surface area contributed by atoms with E-state index in [1.54, 1.807) is 30.5 Å². The van der Waals surface area contributed by atoms with Crippen molar-refractivity contribution < 1.29 is 26.1 Å². The molecule has 0 spiro atoms. The molecule has 0 amide bonds. The minimum Gasteiger partial charge on any atom is -0.281 e. The minimum absolute atomic E-state index is 0.171.